The highest BCUT2D eigenvalue weighted by Crippen LogP contribution is 2.43. The standard InChI is InChI=1S/C24H23FN4O/c1-24-15-28(22-21(25)26-11-12-27-22)13-20(24)14-29(16-24)23(30)19-9-7-18(8-10-19)17-5-3-2-4-6-17/h2-12,20H,13-16H2,1H3/t20-,24+/m1/s1. The molecule has 152 valence electrons. The Morgan fingerprint density at radius 1 is 0.967 bits per heavy atom. The van der Waals surface area contributed by atoms with Crippen LogP contribution in [0.15, 0.2) is 67.0 Å². The Morgan fingerprint density at radius 2 is 1.67 bits per heavy atom. The second-order valence-electron chi connectivity index (χ2n) is 8.53. The largest absolute Gasteiger partial charge is 0.352 e. The summed E-state index contributed by atoms with van der Waals surface area (Å²) < 4.78 is 14.0. The van der Waals surface area contributed by atoms with Crippen molar-refractivity contribution in [3.05, 3.63) is 78.5 Å². The highest BCUT2D eigenvalue weighted by atomic mass is 19.1. The minimum Gasteiger partial charge on any atom is -0.352 e. The minimum atomic E-state index is -0.535. The summed E-state index contributed by atoms with van der Waals surface area (Å²) in [4.78, 5) is 24.9. The molecule has 3 aromatic rings. The van der Waals surface area contributed by atoms with Crippen LogP contribution in [0.4, 0.5) is 10.2 Å². The summed E-state index contributed by atoms with van der Waals surface area (Å²) in [6, 6.07) is 17.9. The summed E-state index contributed by atoms with van der Waals surface area (Å²) >= 11 is 0. The fraction of sp³-hybridized carbons (Fsp3) is 0.292. The van der Waals surface area contributed by atoms with Gasteiger partial charge in [-0.3, -0.25) is 4.79 Å². The molecule has 2 fully saturated rings. The summed E-state index contributed by atoms with van der Waals surface area (Å²) in [6.45, 7) is 4.87. The summed E-state index contributed by atoms with van der Waals surface area (Å²) in [5.41, 5.74) is 2.86. The van der Waals surface area contributed by atoms with E-state index in [1.54, 1.807) is 0 Å². The molecular formula is C24H23FN4O. The van der Waals surface area contributed by atoms with Crippen molar-refractivity contribution in [2.24, 2.45) is 11.3 Å². The molecule has 30 heavy (non-hydrogen) atoms. The van der Waals surface area contributed by atoms with Gasteiger partial charge in [0.1, 0.15) is 0 Å². The second kappa shape index (κ2) is 7.20. The van der Waals surface area contributed by atoms with Crippen LogP contribution in [0.2, 0.25) is 0 Å². The number of rotatable bonds is 3. The number of likely N-dealkylation sites (tertiary alicyclic amines) is 1. The van der Waals surface area contributed by atoms with Gasteiger partial charge in [0.25, 0.3) is 11.9 Å². The van der Waals surface area contributed by atoms with Gasteiger partial charge in [-0.1, -0.05) is 49.4 Å². The van der Waals surface area contributed by atoms with Gasteiger partial charge in [-0.15, -0.1) is 0 Å². The first-order valence-electron chi connectivity index (χ1n) is 10.2. The number of fused-ring (bicyclic) bond motifs is 1. The van der Waals surface area contributed by atoms with E-state index in [0.717, 1.165) is 11.1 Å². The molecule has 0 saturated carbocycles. The lowest BCUT2D eigenvalue weighted by atomic mass is 9.83. The molecule has 2 aliphatic rings. The topological polar surface area (TPSA) is 49.3 Å². The highest BCUT2D eigenvalue weighted by molar-refractivity contribution is 5.95. The van der Waals surface area contributed by atoms with Crippen molar-refractivity contribution in [1.29, 1.82) is 0 Å². The molecule has 0 radical (unpaired) electrons. The molecule has 6 heteroatoms. The molecule has 5 nitrogen and oxygen atoms in total. The molecule has 5 rings (SSSR count). The van der Waals surface area contributed by atoms with Gasteiger partial charge in [-0.2, -0.15) is 4.39 Å². The molecule has 2 aromatic carbocycles. The third-order valence-electron chi connectivity index (χ3n) is 6.43. The molecule has 0 bridgehead atoms. The van der Waals surface area contributed by atoms with Gasteiger partial charge in [0.15, 0.2) is 5.82 Å². The van der Waals surface area contributed by atoms with E-state index in [1.165, 1.54) is 12.4 Å². The summed E-state index contributed by atoms with van der Waals surface area (Å²) in [5, 5.41) is 0. The van der Waals surface area contributed by atoms with Crippen LogP contribution < -0.4 is 4.90 Å². The van der Waals surface area contributed by atoms with E-state index in [4.69, 9.17) is 0 Å². The number of aromatic nitrogens is 2. The van der Waals surface area contributed by atoms with Gasteiger partial charge in [0.05, 0.1) is 0 Å². The van der Waals surface area contributed by atoms with E-state index in [-0.39, 0.29) is 17.2 Å². The molecule has 2 atom stereocenters. The lowest BCUT2D eigenvalue weighted by molar-refractivity contribution is 0.0774. The quantitative estimate of drug-likeness (QED) is 0.667. The zero-order valence-corrected chi connectivity index (χ0v) is 16.8. The molecular weight excluding hydrogens is 379 g/mol. The van der Waals surface area contributed by atoms with Crippen LogP contribution in [0.3, 0.4) is 0 Å². The number of carbonyl (C=O) groups excluding carboxylic acids is 1. The first-order valence-corrected chi connectivity index (χ1v) is 10.2. The summed E-state index contributed by atoms with van der Waals surface area (Å²) in [7, 11) is 0. The summed E-state index contributed by atoms with van der Waals surface area (Å²) in [5.74, 6) is 0.115. The van der Waals surface area contributed by atoms with Gasteiger partial charge >= 0.3 is 0 Å². The van der Waals surface area contributed by atoms with E-state index in [9.17, 15) is 9.18 Å². The van der Waals surface area contributed by atoms with Crippen LogP contribution in [0.5, 0.6) is 0 Å². The second-order valence-corrected chi connectivity index (χ2v) is 8.53. The highest BCUT2D eigenvalue weighted by Gasteiger charge is 2.51. The van der Waals surface area contributed by atoms with Crippen LogP contribution >= 0.6 is 0 Å². The first kappa shape index (κ1) is 18.7. The average molecular weight is 402 g/mol. The maximum Gasteiger partial charge on any atom is 0.255 e. The number of hydrogen-bond donors (Lipinski definition) is 0. The fourth-order valence-electron chi connectivity index (χ4n) is 4.80. The van der Waals surface area contributed by atoms with Crippen LogP contribution in [-0.2, 0) is 0 Å². The van der Waals surface area contributed by atoms with Crippen molar-refractivity contribution in [3.8, 4) is 11.1 Å². The van der Waals surface area contributed by atoms with E-state index in [1.807, 2.05) is 52.3 Å². The lowest BCUT2D eigenvalue weighted by Crippen LogP contribution is -2.36. The van der Waals surface area contributed by atoms with Gasteiger partial charge in [-0.05, 0) is 23.3 Å². The lowest BCUT2D eigenvalue weighted by Gasteiger charge is -2.26. The average Bonchev–Trinajstić information content (AvgIpc) is 3.26. The van der Waals surface area contributed by atoms with Crippen LogP contribution in [0.25, 0.3) is 11.1 Å². The van der Waals surface area contributed by atoms with Crippen molar-refractivity contribution >= 4 is 11.7 Å². The minimum absolute atomic E-state index is 0.0578. The molecule has 0 aliphatic carbocycles. The maximum absolute atomic E-state index is 14.0. The van der Waals surface area contributed by atoms with E-state index < -0.39 is 5.95 Å². The Labute approximate surface area is 175 Å². The third kappa shape index (κ3) is 3.22. The Balaban J connectivity index is 1.29. The monoisotopic (exact) mass is 402 g/mol. The van der Waals surface area contributed by atoms with Crippen LogP contribution in [0.1, 0.15) is 17.3 Å². The Morgan fingerprint density at radius 3 is 2.37 bits per heavy atom. The van der Waals surface area contributed by atoms with E-state index >= 15 is 0 Å². The van der Waals surface area contributed by atoms with Gasteiger partial charge in [0, 0.05) is 55.5 Å². The molecule has 1 amide bonds. The molecule has 0 unspecified atom stereocenters. The number of benzene rings is 2. The smallest absolute Gasteiger partial charge is 0.255 e. The molecule has 1 aromatic heterocycles. The van der Waals surface area contributed by atoms with Crippen molar-refractivity contribution in [2.75, 3.05) is 31.1 Å². The fourth-order valence-corrected chi connectivity index (χ4v) is 4.80. The Kier molecular flexibility index (Phi) is 4.50. The SMILES string of the molecule is C[C@]12CN(C(=O)c3ccc(-c4ccccc4)cc3)C[C@H]1CN(c1nccnc1F)C2. The summed E-state index contributed by atoms with van der Waals surface area (Å²) in [6.07, 6.45) is 2.88. The van der Waals surface area contributed by atoms with Crippen molar-refractivity contribution in [1.82, 2.24) is 14.9 Å². The first-order chi connectivity index (χ1) is 14.5. The van der Waals surface area contributed by atoms with Crippen molar-refractivity contribution < 1.29 is 9.18 Å². The van der Waals surface area contributed by atoms with E-state index in [0.29, 0.717) is 37.6 Å². The number of halogens is 1. The van der Waals surface area contributed by atoms with Crippen LogP contribution in [0, 0.1) is 17.3 Å². The number of carbonyl (C=O) groups is 1. The normalized spacial score (nSPS) is 22.9. The molecule has 3 heterocycles. The van der Waals surface area contributed by atoms with Gasteiger partial charge < -0.3 is 9.80 Å². The predicted molar refractivity (Wildman–Crippen MR) is 114 cm³/mol. The third-order valence-corrected chi connectivity index (χ3v) is 6.43. The number of anilines is 1. The molecule has 0 spiro atoms. The maximum atomic E-state index is 14.0. The number of hydrogen-bond acceptors (Lipinski definition) is 4. The number of amides is 1. The predicted octanol–water partition coefficient (Wildman–Crippen LogP) is 3.88. The zero-order chi connectivity index (χ0) is 20.7. The Bertz CT molecular complexity index is 1070. The van der Waals surface area contributed by atoms with Crippen molar-refractivity contribution in [3.63, 3.8) is 0 Å². The van der Waals surface area contributed by atoms with E-state index in [2.05, 4.69) is 29.0 Å². The zero-order valence-electron chi connectivity index (χ0n) is 16.8. The van der Waals surface area contributed by atoms with Crippen LogP contribution in [-0.4, -0.2) is 47.0 Å². The molecule has 2 saturated heterocycles. The van der Waals surface area contributed by atoms with Crippen molar-refractivity contribution in [2.45, 2.75) is 6.92 Å². The molecule has 2 aliphatic heterocycles. The number of nitrogens with zero attached hydrogens (tertiary/aromatic N) is 4. The Hall–Kier alpha value is -3.28. The molecule has 0 N–H and O–H groups in total. The van der Waals surface area contributed by atoms with Gasteiger partial charge in [-0.25, -0.2) is 9.97 Å². The van der Waals surface area contributed by atoms with Gasteiger partial charge in [0.2, 0.25) is 0 Å².